The normalized spacial score (nSPS) is 14.0. The summed E-state index contributed by atoms with van der Waals surface area (Å²) in [6.07, 6.45) is 0. The van der Waals surface area contributed by atoms with Crippen LogP contribution in [0.3, 0.4) is 0 Å². The number of rotatable bonds is 6. The van der Waals surface area contributed by atoms with Crippen molar-refractivity contribution in [3.05, 3.63) is 59.9 Å². The Bertz CT molecular complexity index is 997. The van der Waals surface area contributed by atoms with Gasteiger partial charge >= 0.3 is 0 Å². The first kappa shape index (κ1) is 19.1. The molecule has 29 heavy (non-hydrogen) atoms. The van der Waals surface area contributed by atoms with Gasteiger partial charge in [0.25, 0.3) is 5.91 Å². The zero-order valence-corrected chi connectivity index (χ0v) is 16.4. The minimum absolute atomic E-state index is 0.113. The van der Waals surface area contributed by atoms with E-state index in [-0.39, 0.29) is 5.91 Å². The summed E-state index contributed by atoms with van der Waals surface area (Å²) in [5.74, 6) is 1.90. The van der Waals surface area contributed by atoms with Gasteiger partial charge in [-0.2, -0.15) is 4.98 Å². The number of morpholine rings is 1. The number of carbonyl (C=O) groups excluding carboxylic acids is 1. The van der Waals surface area contributed by atoms with E-state index in [9.17, 15) is 4.79 Å². The van der Waals surface area contributed by atoms with Gasteiger partial charge in [0.15, 0.2) is 0 Å². The minimum Gasteiger partial charge on any atom is -0.476 e. The maximum Gasteiger partial charge on any atom is 0.252 e. The van der Waals surface area contributed by atoms with Crippen molar-refractivity contribution >= 4 is 22.5 Å². The molecule has 1 aliphatic rings. The SMILES string of the molecule is Cc1nc(OCCNC(=O)c2cccc3ccccc23)cc(N2CCOCC2)n1. The van der Waals surface area contributed by atoms with E-state index < -0.39 is 0 Å². The van der Waals surface area contributed by atoms with Crippen LogP contribution in [0.5, 0.6) is 5.88 Å². The van der Waals surface area contributed by atoms with Gasteiger partial charge < -0.3 is 19.7 Å². The summed E-state index contributed by atoms with van der Waals surface area (Å²) in [6, 6.07) is 15.4. The summed E-state index contributed by atoms with van der Waals surface area (Å²) in [7, 11) is 0. The van der Waals surface area contributed by atoms with E-state index in [0.29, 0.717) is 43.6 Å². The van der Waals surface area contributed by atoms with Crippen molar-refractivity contribution in [2.75, 3.05) is 44.4 Å². The number of nitrogens with zero attached hydrogens (tertiary/aromatic N) is 3. The van der Waals surface area contributed by atoms with E-state index in [0.717, 1.165) is 29.7 Å². The van der Waals surface area contributed by atoms with Crippen LogP contribution in [0.2, 0.25) is 0 Å². The molecule has 3 aromatic rings. The molecule has 0 saturated carbocycles. The van der Waals surface area contributed by atoms with Gasteiger partial charge in [-0.3, -0.25) is 4.79 Å². The van der Waals surface area contributed by atoms with Crippen LogP contribution in [0.15, 0.2) is 48.5 Å². The third-order valence-corrected chi connectivity index (χ3v) is 4.81. The smallest absolute Gasteiger partial charge is 0.252 e. The average Bonchev–Trinajstić information content (AvgIpc) is 2.76. The van der Waals surface area contributed by atoms with E-state index >= 15 is 0 Å². The molecule has 2 aromatic carbocycles. The van der Waals surface area contributed by atoms with Crippen molar-refractivity contribution in [3.8, 4) is 5.88 Å². The minimum atomic E-state index is -0.113. The molecule has 0 unspecified atom stereocenters. The highest BCUT2D eigenvalue weighted by Gasteiger charge is 2.15. The highest BCUT2D eigenvalue weighted by atomic mass is 16.5. The van der Waals surface area contributed by atoms with Crippen LogP contribution in [0, 0.1) is 6.92 Å². The lowest BCUT2D eigenvalue weighted by Gasteiger charge is -2.28. The number of aromatic nitrogens is 2. The number of ether oxygens (including phenoxy) is 2. The second kappa shape index (κ2) is 8.87. The third kappa shape index (κ3) is 4.63. The lowest BCUT2D eigenvalue weighted by Crippen LogP contribution is -2.37. The molecule has 0 atom stereocenters. The summed E-state index contributed by atoms with van der Waals surface area (Å²) < 4.78 is 11.2. The van der Waals surface area contributed by atoms with Crippen molar-refractivity contribution in [1.29, 1.82) is 0 Å². The molecule has 0 bridgehead atoms. The molecule has 7 heteroatoms. The van der Waals surface area contributed by atoms with Gasteiger partial charge in [0.05, 0.1) is 19.8 Å². The van der Waals surface area contributed by atoms with Gasteiger partial charge in [-0.05, 0) is 23.8 Å². The van der Waals surface area contributed by atoms with Crippen LogP contribution in [0.1, 0.15) is 16.2 Å². The van der Waals surface area contributed by atoms with E-state index in [2.05, 4.69) is 20.2 Å². The van der Waals surface area contributed by atoms with Gasteiger partial charge in [-0.15, -0.1) is 0 Å². The van der Waals surface area contributed by atoms with Crippen LogP contribution in [-0.2, 0) is 4.74 Å². The maximum absolute atomic E-state index is 12.6. The number of carbonyl (C=O) groups is 1. The van der Waals surface area contributed by atoms with Crippen molar-refractivity contribution in [2.24, 2.45) is 0 Å². The van der Waals surface area contributed by atoms with Crippen molar-refractivity contribution in [3.63, 3.8) is 0 Å². The fourth-order valence-corrected chi connectivity index (χ4v) is 3.39. The zero-order chi connectivity index (χ0) is 20.1. The molecule has 1 aromatic heterocycles. The molecule has 1 N–H and O–H groups in total. The first-order valence-electron chi connectivity index (χ1n) is 9.78. The molecule has 0 aliphatic carbocycles. The summed E-state index contributed by atoms with van der Waals surface area (Å²) in [6.45, 7) is 5.56. The molecule has 7 nitrogen and oxygen atoms in total. The number of aryl methyl sites for hydroxylation is 1. The zero-order valence-electron chi connectivity index (χ0n) is 16.4. The highest BCUT2D eigenvalue weighted by molar-refractivity contribution is 6.06. The molecule has 0 radical (unpaired) electrons. The first-order chi connectivity index (χ1) is 14.2. The second-order valence-corrected chi connectivity index (χ2v) is 6.84. The van der Waals surface area contributed by atoms with E-state index in [1.54, 1.807) is 0 Å². The van der Waals surface area contributed by atoms with Gasteiger partial charge in [0.2, 0.25) is 5.88 Å². The van der Waals surface area contributed by atoms with Gasteiger partial charge in [-0.1, -0.05) is 36.4 Å². The van der Waals surface area contributed by atoms with Gasteiger partial charge in [0.1, 0.15) is 18.2 Å². The quantitative estimate of drug-likeness (QED) is 0.650. The molecule has 1 fully saturated rings. The summed E-state index contributed by atoms with van der Waals surface area (Å²) in [5, 5.41) is 4.90. The largest absolute Gasteiger partial charge is 0.476 e. The topological polar surface area (TPSA) is 76.6 Å². The van der Waals surface area contributed by atoms with Gasteiger partial charge in [0, 0.05) is 24.7 Å². The van der Waals surface area contributed by atoms with Crippen LogP contribution >= 0.6 is 0 Å². The van der Waals surface area contributed by atoms with E-state index in [4.69, 9.17) is 9.47 Å². The predicted molar refractivity (Wildman–Crippen MR) is 112 cm³/mol. The van der Waals surface area contributed by atoms with Crippen molar-refractivity contribution < 1.29 is 14.3 Å². The van der Waals surface area contributed by atoms with Crippen molar-refractivity contribution in [2.45, 2.75) is 6.92 Å². The molecule has 150 valence electrons. The fourth-order valence-electron chi connectivity index (χ4n) is 3.39. The number of nitrogens with one attached hydrogen (secondary N) is 1. The van der Waals surface area contributed by atoms with Crippen LogP contribution in [0.25, 0.3) is 10.8 Å². The second-order valence-electron chi connectivity index (χ2n) is 6.84. The Morgan fingerprint density at radius 1 is 1.14 bits per heavy atom. The Balaban J connectivity index is 1.34. The Labute approximate surface area is 169 Å². The number of amides is 1. The first-order valence-corrected chi connectivity index (χ1v) is 9.78. The van der Waals surface area contributed by atoms with Crippen LogP contribution in [-0.4, -0.2) is 55.3 Å². The Morgan fingerprint density at radius 3 is 2.79 bits per heavy atom. The van der Waals surface area contributed by atoms with Crippen molar-refractivity contribution in [1.82, 2.24) is 15.3 Å². The summed E-state index contributed by atoms with van der Waals surface area (Å²) in [5.41, 5.74) is 0.663. The van der Waals surface area contributed by atoms with Gasteiger partial charge in [-0.25, -0.2) is 4.98 Å². The number of fused-ring (bicyclic) bond motifs is 1. The number of benzene rings is 2. The number of hydrogen-bond acceptors (Lipinski definition) is 6. The number of hydrogen-bond donors (Lipinski definition) is 1. The predicted octanol–water partition coefficient (Wildman–Crippen LogP) is 2.58. The van der Waals surface area contributed by atoms with E-state index in [1.807, 2.05) is 55.5 Å². The molecule has 1 saturated heterocycles. The maximum atomic E-state index is 12.6. The molecular weight excluding hydrogens is 368 g/mol. The summed E-state index contributed by atoms with van der Waals surface area (Å²) >= 11 is 0. The fraction of sp³-hybridized carbons (Fsp3) is 0.318. The molecule has 1 amide bonds. The monoisotopic (exact) mass is 392 g/mol. The lowest BCUT2D eigenvalue weighted by molar-refractivity contribution is 0.0948. The Kier molecular flexibility index (Phi) is 5.86. The molecule has 4 rings (SSSR count). The Morgan fingerprint density at radius 2 is 1.93 bits per heavy atom. The third-order valence-electron chi connectivity index (χ3n) is 4.81. The van der Waals surface area contributed by atoms with E-state index in [1.165, 1.54) is 0 Å². The average molecular weight is 392 g/mol. The number of anilines is 1. The van der Waals surface area contributed by atoms with Crippen LogP contribution < -0.4 is 15.0 Å². The summed E-state index contributed by atoms with van der Waals surface area (Å²) in [4.78, 5) is 23.6. The molecule has 2 heterocycles. The lowest BCUT2D eigenvalue weighted by atomic mass is 10.0. The molecule has 0 spiro atoms. The molecular formula is C22H24N4O3. The highest BCUT2D eigenvalue weighted by Crippen LogP contribution is 2.19. The van der Waals surface area contributed by atoms with Crippen LogP contribution in [0.4, 0.5) is 5.82 Å². The Hall–Kier alpha value is -3.19. The standard InChI is InChI=1S/C22H24N4O3/c1-16-24-20(26-10-13-28-14-11-26)15-21(25-16)29-12-9-23-22(27)19-8-4-6-17-5-2-3-7-18(17)19/h2-8,15H,9-14H2,1H3,(H,23,27). The molecule has 1 aliphatic heterocycles.